The van der Waals surface area contributed by atoms with E-state index in [2.05, 4.69) is 0 Å². The highest BCUT2D eigenvalue weighted by atomic mass is 35.5. The molecule has 0 N–H and O–H groups in total. The van der Waals surface area contributed by atoms with Gasteiger partial charge in [0.05, 0.1) is 17.7 Å². The summed E-state index contributed by atoms with van der Waals surface area (Å²) in [6.07, 6.45) is 4.16. The fraction of sp³-hybridized carbons (Fsp3) is 0.381. The van der Waals surface area contributed by atoms with Gasteiger partial charge in [0.2, 0.25) is 5.91 Å². The van der Waals surface area contributed by atoms with Crippen molar-refractivity contribution < 1.29 is 9.53 Å². The van der Waals surface area contributed by atoms with Crippen molar-refractivity contribution in [3.63, 3.8) is 0 Å². The quantitative estimate of drug-likeness (QED) is 0.489. The normalized spacial score (nSPS) is 17.0. The van der Waals surface area contributed by atoms with E-state index in [1.807, 2.05) is 29.2 Å². The topological polar surface area (TPSA) is 29.5 Å². The van der Waals surface area contributed by atoms with Crippen LogP contribution in [0.3, 0.4) is 0 Å². The average molecular weight is 427 g/mol. The van der Waals surface area contributed by atoms with Gasteiger partial charge in [-0.05, 0) is 55.5 Å². The maximum Gasteiger partial charge on any atom is 0.223 e. The van der Waals surface area contributed by atoms with Gasteiger partial charge in [0.25, 0.3) is 0 Å². The number of amides is 1. The van der Waals surface area contributed by atoms with Gasteiger partial charge in [0.15, 0.2) is 0 Å². The fourth-order valence-corrected chi connectivity index (χ4v) is 4.16. The van der Waals surface area contributed by atoms with E-state index >= 15 is 0 Å². The second-order valence-corrected chi connectivity index (χ2v) is 7.90. The first-order valence-electron chi connectivity index (χ1n) is 9.18. The van der Waals surface area contributed by atoms with Crippen LogP contribution in [0.25, 0.3) is 0 Å². The predicted octanol–water partition coefficient (Wildman–Crippen LogP) is 6.56. The third-order valence-corrected chi connectivity index (χ3v) is 5.65. The zero-order valence-electron chi connectivity index (χ0n) is 15.0. The highest BCUT2D eigenvalue weighted by Crippen LogP contribution is 2.35. The summed E-state index contributed by atoms with van der Waals surface area (Å²) in [5.41, 5.74) is 1.04. The molecule has 3 rings (SSSR count). The lowest BCUT2D eigenvalue weighted by Gasteiger charge is -2.36. The summed E-state index contributed by atoms with van der Waals surface area (Å²) in [7, 11) is 0. The van der Waals surface area contributed by atoms with Crippen LogP contribution in [0.15, 0.2) is 42.5 Å². The monoisotopic (exact) mass is 425 g/mol. The van der Waals surface area contributed by atoms with E-state index in [1.54, 1.807) is 18.2 Å². The Bertz CT molecular complexity index is 797. The van der Waals surface area contributed by atoms with E-state index in [1.165, 1.54) is 0 Å². The molecule has 1 unspecified atom stereocenters. The van der Waals surface area contributed by atoms with Crippen molar-refractivity contribution >= 4 is 40.7 Å². The lowest BCUT2D eigenvalue weighted by Crippen LogP contribution is -2.38. The summed E-state index contributed by atoms with van der Waals surface area (Å²) in [5, 5.41) is 1.77. The third kappa shape index (κ3) is 5.31. The zero-order valence-corrected chi connectivity index (χ0v) is 17.2. The Morgan fingerprint density at radius 3 is 2.67 bits per heavy atom. The summed E-state index contributed by atoms with van der Waals surface area (Å²) < 4.78 is 5.68. The van der Waals surface area contributed by atoms with Crippen LogP contribution < -0.4 is 4.74 Å². The van der Waals surface area contributed by atoms with Crippen molar-refractivity contribution in [2.45, 2.75) is 38.1 Å². The number of likely N-dealkylation sites (tertiary alicyclic amines) is 1. The molecule has 6 heteroatoms. The Morgan fingerprint density at radius 2 is 1.89 bits per heavy atom. The molecule has 1 fully saturated rings. The number of rotatable bonds is 6. The minimum atomic E-state index is 0.0616. The molecule has 27 heavy (non-hydrogen) atoms. The Balaban J connectivity index is 1.55. The van der Waals surface area contributed by atoms with Crippen LogP contribution in [0.1, 0.15) is 43.7 Å². The van der Waals surface area contributed by atoms with Gasteiger partial charge in [-0.3, -0.25) is 4.79 Å². The van der Waals surface area contributed by atoms with Gasteiger partial charge in [0.1, 0.15) is 5.75 Å². The number of hydrogen-bond acceptors (Lipinski definition) is 2. The zero-order chi connectivity index (χ0) is 19.2. The summed E-state index contributed by atoms with van der Waals surface area (Å²) >= 11 is 18.3. The molecule has 0 saturated carbocycles. The molecule has 1 aliphatic heterocycles. The van der Waals surface area contributed by atoms with Gasteiger partial charge < -0.3 is 9.64 Å². The molecule has 0 bridgehead atoms. The highest BCUT2D eigenvalue weighted by molar-refractivity contribution is 6.35. The first kappa shape index (κ1) is 20.3. The first-order chi connectivity index (χ1) is 13.1. The minimum Gasteiger partial charge on any atom is -0.492 e. The molecule has 3 nitrogen and oxygen atoms in total. The van der Waals surface area contributed by atoms with E-state index in [9.17, 15) is 4.79 Å². The molecule has 1 amide bonds. The molecular formula is C21H22Cl3NO2. The molecule has 0 aliphatic carbocycles. The molecule has 1 atom stereocenters. The number of nitrogens with zero attached hydrogens (tertiary/aromatic N) is 1. The van der Waals surface area contributed by atoms with Gasteiger partial charge in [-0.15, -0.1) is 0 Å². The van der Waals surface area contributed by atoms with Crippen molar-refractivity contribution in [2.24, 2.45) is 0 Å². The SMILES string of the molecule is O=C(CCCOc1ccc(Cl)cc1Cl)N1CCCCC1c1ccccc1Cl. The first-order valence-corrected chi connectivity index (χ1v) is 10.3. The van der Waals surface area contributed by atoms with Crippen LogP contribution in [0.5, 0.6) is 5.75 Å². The summed E-state index contributed by atoms with van der Waals surface area (Å²) in [6.45, 7) is 1.20. The second kappa shape index (κ2) is 9.68. The fourth-order valence-electron chi connectivity index (χ4n) is 3.44. The van der Waals surface area contributed by atoms with Crippen LogP contribution in [0, 0.1) is 0 Å². The van der Waals surface area contributed by atoms with Crippen LogP contribution in [-0.2, 0) is 4.79 Å². The summed E-state index contributed by atoms with van der Waals surface area (Å²) in [5.74, 6) is 0.728. The number of piperidine rings is 1. The van der Waals surface area contributed by atoms with Gasteiger partial charge >= 0.3 is 0 Å². The van der Waals surface area contributed by atoms with Crippen molar-refractivity contribution in [2.75, 3.05) is 13.2 Å². The summed E-state index contributed by atoms with van der Waals surface area (Å²) in [4.78, 5) is 14.8. The molecular weight excluding hydrogens is 405 g/mol. The highest BCUT2D eigenvalue weighted by Gasteiger charge is 2.28. The molecule has 1 aliphatic rings. The Labute approximate surface area is 175 Å². The van der Waals surface area contributed by atoms with Gasteiger partial charge in [0, 0.05) is 23.0 Å². The molecule has 2 aromatic rings. The number of benzene rings is 2. The minimum absolute atomic E-state index is 0.0616. The van der Waals surface area contributed by atoms with Gasteiger partial charge in [-0.25, -0.2) is 0 Å². The van der Waals surface area contributed by atoms with E-state index < -0.39 is 0 Å². The Hall–Kier alpha value is -1.42. The third-order valence-electron chi connectivity index (χ3n) is 4.77. The van der Waals surface area contributed by atoms with E-state index in [0.717, 1.165) is 36.4 Å². The van der Waals surface area contributed by atoms with Crippen molar-refractivity contribution in [1.82, 2.24) is 4.90 Å². The number of hydrogen-bond donors (Lipinski definition) is 0. The van der Waals surface area contributed by atoms with Crippen molar-refractivity contribution in [1.29, 1.82) is 0 Å². The smallest absolute Gasteiger partial charge is 0.223 e. The number of carbonyl (C=O) groups is 1. The lowest BCUT2D eigenvalue weighted by atomic mass is 9.94. The number of carbonyl (C=O) groups excluding carboxylic acids is 1. The molecule has 1 saturated heterocycles. The Kier molecular flexibility index (Phi) is 7.28. The summed E-state index contributed by atoms with van der Waals surface area (Å²) in [6, 6.07) is 13.0. The van der Waals surface area contributed by atoms with Crippen LogP contribution in [0.4, 0.5) is 0 Å². The second-order valence-electron chi connectivity index (χ2n) is 6.65. The van der Waals surface area contributed by atoms with Crippen LogP contribution >= 0.6 is 34.8 Å². The van der Waals surface area contributed by atoms with Crippen LogP contribution in [0.2, 0.25) is 15.1 Å². The van der Waals surface area contributed by atoms with Gasteiger partial charge in [-0.2, -0.15) is 0 Å². The standard InChI is InChI=1S/C21H22Cl3NO2/c22-15-10-11-20(18(24)14-15)27-13-5-9-21(26)25-12-4-3-8-19(25)16-6-1-2-7-17(16)23/h1-2,6-7,10-11,14,19H,3-5,8-9,12-13H2. The molecule has 0 radical (unpaired) electrons. The van der Waals surface area contributed by atoms with E-state index in [-0.39, 0.29) is 11.9 Å². The van der Waals surface area contributed by atoms with E-state index in [0.29, 0.717) is 35.2 Å². The van der Waals surface area contributed by atoms with Crippen LogP contribution in [-0.4, -0.2) is 24.0 Å². The van der Waals surface area contributed by atoms with Gasteiger partial charge in [-0.1, -0.05) is 53.0 Å². The Morgan fingerprint density at radius 1 is 1.07 bits per heavy atom. The van der Waals surface area contributed by atoms with Crippen molar-refractivity contribution in [3.05, 3.63) is 63.1 Å². The molecule has 0 spiro atoms. The average Bonchev–Trinajstić information content (AvgIpc) is 2.67. The molecule has 144 valence electrons. The molecule has 2 aromatic carbocycles. The van der Waals surface area contributed by atoms with Crippen molar-refractivity contribution in [3.8, 4) is 5.75 Å². The number of halogens is 3. The maximum atomic E-state index is 12.8. The largest absolute Gasteiger partial charge is 0.492 e. The molecule has 0 aromatic heterocycles. The number of ether oxygens (including phenoxy) is 1. The predicted molar refractivity (Wildman–Crippen MR) is 111 cm³/mol. The van der Waals surface area contributed by atoms with E-state index in [4.69, 9.17) is 39.5 Å². The lowest BCUT2D eigenvalue weighted by molar-refractivity contribution is -0.135. The maximum absolute atomic E-state index is 12.8. The molecule has 1 heterocycles.